The molecule has 1 N–H and O–H groups in total. The molecule has 0 saturated carbocycles. The number of sulfonamides is 1. The molecule has 0 fully saturated rings. The highest BCUT2D eigenvalue weighted by Gasteiger charge is 2.24. The lowest BCUT2D eigenvalue weighted by molar-refractivity contribution is -0.119. The minimum atomic E-state index is -3.83. The molecule has 3 aromatic rings. The van der Waals surface area contributed by atoms with Crippen LogP contribution in [0.15, 0.2) is 83.8 Å². The maximum absolute atomic E-state index is 13.0. The van der Waals surface area contributed by atoms with Gasteiger partial charge in [-0.25, -0.2) is 13.2 Å². The number of nitrogens with zero attached hydrogens (tertiary/aromatic N) is 1. The number of hydrogen-bond donors (Lipinski definition) is 1. The Bertz CT molecular complexity index is 1290. The van der Waals surface area contributed by atoms with E-state index in [9.17, 15) is 22.8 Å². The summed E-state index contributed by atoms with van der Waals surface area (Å²) >= 11 is 0. The average Bonchev–Trinajstić information content (AvgIpc) is 2.84. The second-order valence-electron chi connectivity index (χ2n) is 7.26. The maximum Gasteiger partial charge on any atom is 0.338 e. The van der Waals surface area contributed by atoms with Crippen molar-refractivity contribution in [2.75, 3.05) is 22.8 Å². The van der Waals surface area contributed by atoms with Crippen molar-refractivity contribution in [3.63, 3.8) is 0 Å². The van der Waals surface area contributed by atoms with Gasteiger partial charge in [-0.2, -0.15) is 0 Å². The highest BCUT2D eigenvalue weighted by molar-refractivity contribution is 7.92. The van der Waals surface area contributed by atoms with Gasteiger partial charge in [0.05, 0.1) is 21.8 Å². The van der Waals surface area contributed by atoms with Gasteiger partial charge in [-0.1, -0.05) is 30.3 Å². The number of esters is 1. The van der Waals surface area contributed by atoms with Crippen LogP contribution in [0.4, 0.5) is 11.4 Å². The first kappa shape index (κ1) is 24.7. The number of carbonyl (C=O) groups excluding carboxylic acids is 3. The predicted octanol–water partition coefficient (Wildman–Crippen LogP) is 3.90. The smallest absolute Gasteiger partial charge is 0.338 e. The van der Waals surface area contributed by atoms with Gasteiger partial charge in [-0.3, -0.25) is 13.9 Å². The molecule has 3 rings (SSSR count). The third-order valence-corrected chi connectivity index (χ3v) is 6.84. The zero-order valence-electron chi connectivity index (χ0n) is 18.7. The molecule has 176 valence electrons. The zero-order valence-corrected chi connectivity index (χ0v) is 19.5. The van der Waals surface area contributed by atoms with E-state index in [0.29, 0.717) is 16.9 Å². The standard InChI is InChI=1S/C25H24N2O6S/c1-3-27(20-9-5-4-6-10-20)34(31,32)21-15-13-19(14-16-21)25(30)33-17-24(29)26-23-12-8-7-11-22(23)18(2)28/h4-16H,3,17H2,1-2H3,(H,26,29). The SMILES string of the molecule is CCN(c1ccccc1)S(=O)(=O)c1ccc(C(=O)OCC(=O)Nc2ccccc2C(C)=O)cc1. The number of carbonyl (C=O) groups is 3. The second-order valence-corrected chi connectivity index (χ2v) is 9.12. The summed E-state index contributed by atoms with van der Waals surface area (Å²) in [5.41, 5.74) is 1.30. The van der Waals surface area contributed by atoms with Crippen LogP contribution in [0.3, 0.4) is 0 Å². The number of ketones is 1. The number of nitrogens with one attached hydrogen (secondary N) is 1. The van der Waals surface area contributed by atoms with Crippen molar-refractivity contribution in [2.45, 2.75) is 18.7 Å². The van der Waals surface area contributed by atoms with E-state index < -0.39 is 28.5 Å². The fourth-order valence-electron chi connectivity index (χ4n) is 3.28. The summed E-state index contributed by atoms with van der Waals surface area (Å²) in [4.78, 5) is 36.2. The lowest BCUT2D eigenvalue weighted by Gasteiger charge is -2.22. The summed E-state index contributed by atoms with van der Waals surface area (Å²) in [6, 6.07) is 20.5. The Labute approximate surface area is 198 Å². The van der Waals surface area contributed by atoms with Gasteiger partial charge < -0.3 is 10.1 Å². The first-order valence-electron chi connectivity index (χ1n) is 10.5. The summed E-state index contributed by atoms with van der Waals surface area (Å²) in [6.07, 6.45) is 0. The van der Waals surface area contributed by atoms with Gasteiger partial charge in [0.2, 0.25) is 0 Å². The normalized spacial score (nSPS) is 10.9. The van der Waals surface area contributed by atoms with Crippen LogP contribution in [0, 0.1) is 0 Å². The molecule has 8 nitrogen and oxygen atoms in total. The summed E-state index contributed by atoms with van der Waals surface area (Å²) in [6.45, 7) is 2.78. The number of hydrogen-bond acceptors (Lipinski definition) is 6. The molecule has 34 heavy (non-hydrogen) atoms. The lowest BCUT2D eigenvalue weighted by atomic mass is 10.1. The van der Waals surface area contributed by atoms with E-state index in [1.807, 2.05) is 0 Å². The third kappa shape index (κ3) is 5.68. The van der Waals surface area contributed by atoms with E-state index in [2.05, 4.69) is 5.32 Å². The highest BCUT2D eigenvalue weighted by Crippen LogP contribution is 2.23. The van der Waals surface area contributed by atoms with Crippen molar-refractivity contribution in [1.82, 2.24) is 0 Å². The van der Waals surface area contributed by atoms with Crippen LogP contribution in [0.1, 0.15) is 34.6 Å². The van der Waals surface area contributed by atoms with Crippen molar-refractivity contribution >= 4 is 39.1 Å². The summed E-state index contributed by atoms with van der Waals surface area (Å²) in [5, 5.41) is 2.54. The van der Waals surface area contributed by atoms with Crippen LogP contribution in [0.25, 0.3) is 0 Å². The van der Waals surface area contributed by atoms with Crippen LogP contribution >= 0.6 is 0 Å². The topological polar surface area (TPSA) is 110 Å². The van der Waals surface area contributed by atoms with Crippen molar-refractivity contribution in [1.29, 1.82) is 0 Å². The van der Waals surface area contributed by atoms with Gasteiger partial charge >= 0.3 is 5.97 Å². The maximum atomic E-state index is 13.0. The van der Waals surface area contributed by atoms with E-state index in [0.717, 1.165) is 0 Å². The quantitative estimate of drug-likeness (QED) is 0.367. The predicted molar refractivity (Wildman–Crippen MR) is 128 cm³/mol. The molecule has 1 amide bonds. The van der Waals surface area contributed by atoms with Crippen molar-refractivity contribution in [3.8, 4) is 0 Å². The van der Waals surface area contributed by atoms with Crippen molar-refractivity contribution in [2.24, 2.45) is 0 Å². The second kappa shape index (κ2) is 10.8. The van der Waals surface area contributed by atoms with E-state index in [1.165, 1.54) is 35.5 Å². The number of ether oxygens (including phenoxy) is 1. The van der Waals surface area contributed by atoms with Gasteiger partial charge in [-0.05, 0) is 62.4 Å². The molecule has 0 aliphatic heterocycles. The number of para-hydroxylation sites is 2. The fraction of sp³-hybridized carbons (Fsp3) is 0.160. The van der Waals surface area contributed by atoms with Gasteiger partial charge in [0, 0.05) is 12.1 Å². The molecule has 0 spiro atoms. The molecular formula is C25H24N2O6S. The van der Waals surface area contributed by atoms with Gasteiger partial charge in [-0.15, -0.1) is 0 Å². The molecule has 0 bridgehead atoms. The van der Waals surface area contributed by atoms with Gasteiger partial charge in [0.1, 0.15) is 0 Å². The largest absolute Gasteiger partial charge is 0.452 e. The van der Waals surface area contributed by atoms with Crippen LogP contribution in [-0.4, -0.2) is 39.2 Å². The van der Waals surface area contributed by atoms with E-state index in [1.54, 1.807) is 61.5 Å². The summed E-state index contributed by atoms with van der Waals surface area (Å²) in [7, 11) is -3.83. The molecule has 3 aromatic carbocycles. The number of amides is 1. The average molecular weight is 481 g/mol. The summed E-state index contributed by atoms with van der Waals surface area (Å²) in [5.74, 6) is -1.60. The molecule has 9 heteroatoms. The molecular weight excluding hydrogens is 456 g/mol. The first-order valence-corrected chi connectivity index (χ1v) is 11.9. The van der Waals surface area contributed by atoms with E-state index >= 15 is 0 Å². The Morgan fingerprint density at radius 2 is 1.50 bits per heavy atom. The van der Waals surface area contributed by atoms with Gasteiger partial charge in [0.15, 0.2) is 12.4 Å². The number of benzene rings is 3. The van der Waals surface area contributed by atoms with Crippen LogP contribution in [0.2, 0.25) is 0 Å². The molecule has 0 aliphatic carbocycles. The lowest BCUT2D eigenvalue weighted by Crippen LogP contribution is -2.30. The fourth-order valence-corrected chi connectivity index (χ4v) is 4.75. The molecule has 0 aromatic heterocycles. The van der Waals surface area contributed by atoms with Crippen molar-refractivity contribution in [3.05, 3.63) is 90.0 Å². The monoisotopic (exact) mass is 480 g/mol. The molecule has 0 saturated heterocycles. The molecule has 0 heterocycles. The number of anilines is 2. The number of Topliss-reactive ketones (excluding diaryl/α,β-unsaturated/α-hetero) is 1. The zero-order chi connectivity index (χ0) is 24.7. The Kier molecular flexibility index (Phi) is 7.80. The Morgan fingerprint density at radius 1 is 0.882 bits per heavy atom. The highest BCUT2D eigenvalue weighted by atomic mass is 32.2. The first-order chi connectivity index (χ1) is 16.2. The third-order valence-electron chi connectivity index (χ3n) is 4.92. The Hall–Kier alpha value is -3.98. The molecule has 0 atom stereocenters. The summed E-state index contributed by atoms with van der Waals surface area (Å²) < 4.78 is 32.4. The van der Waals surface area contributed by atoms with E-state index in [4.69, 9.17) is 4.74 Å². The molecule has 0 radical (unpaired) electrons. The minimum absolute atomic E-state index is 0.0216. The molecule has 0 aliphatic rings. The number of rotatable bonds is 9. The van der Waals surface area contributed by atoms with Gasteiger partial charge in [0.25, 0.3) is 15.9 Å². The Balaban J connectivity index is 1.65. The Morgan fingerprint density at radius 3 is 2.12 bits per heavy atom. The van der Waals surface area contributed by atoms with Crippen LogP contribution in [-0.2, 0) is 19.6 Å². The van der Waals surface area contributed by atoms with Crippen LogP contribution in [0.5, 0.6) is 0 Å². The van der Waals surface area contributed by atoms with Crippen LogP contribution < -0.4 is 9.62 Å². The van der Waals surface area contributed by atoms with Crippen molar-refractivity contribution < 1.29 is 27.5 Å². The van der Waals surface area contributed by atoms with E-state index in [-0.39, 0.29) is 22.8 Å². The minimum Gasteiger partial charge on any atom is -0.452 e. The molecule has 0 unspecified atom stereocenters.